The van der Waals surface area contributed by atoms with Gasteiger partial charge in [0.1, 0.15) is 0 Å². The van der Waals surface area contributed by atoms with Crippen LogP contribution in [0.4, 0.5) is 18.9 Å². The first-order valence-electron chi connectivity index (χ1n) is 13.5. The first-order valence-corrected chi connectivity index (χ1v) is 16.3. The lowest BCUT2D eigenvalue weighted by Gasteiger charge is -2.18. The van der Waals surface area contributed by atoms with Gasteiger partial charge in [-0.3, -0.25) is 14.2 Å². The van der Waals surface area contributed by atoms with E-state index in [-0.39, 0.29) is 33.5 Å². The van der Waals surface area contributed by atoms with Crippen LogP contribution in [0.3, 0.4) is 0 Å². The summed E-state index contributed by atoms with van der Waals surface area (Å²) in [6.45, 7) is 4.06. The highest BCUT2D eigenvalue weighted by molar-refractivity contribution is 7.99. The Hall–Kier alpha value is -3.92. The minimum Gasteiger partial charge on any atom is -0.345 e. The SMILES string of the molecule is CCN(CC)S(=O)(=O)c1ccc(C(=O)NCc2nnc(SCC(=O)Nc3cc(C(F)(F)F)ccc3Cl)n2-c2ccccc2)cc1. The van der Waals surface area contributed by atoms with Gasteiger partial charge in [0.2, 0.25) is 15.9 Å². The fourth-order valence-electron chi connectivity index (χ4n) is 4.21. The van der Waals surface area contributed by atoms with E-state index in [0.717, 1.165) is 30.0 Å². The quantitative estimate of drug-likeness (QED) is 0.186. The molecular weight excluding hydrogens is 653 g/mol. The summed E-state index contributed by atoms with van der Waals surface area (Å²) in [5.74, 6) is -0.993. The number of thioether (sulfide) groups is 1. The summed E-state index contributed by atoms with van der Waals surface area (Å²) in [7, 11) is -3.67. The van der Waals surface area contributed by atoms with E-state index in [1.54, 1.807) is 48.7 Å². The number of hydrogen-bond acceptors (Lipinski definition) is 7. The summed E-state index contributed by atoms with van der Waals surface area (Å²) in [5, 5.41) is 13.7. The summed E-state index contributed by atoms with van der Waals surface area (Å²) in [5.41, 5.74) is -0.255. The molecule has 1 aromatic heterocycles. The maximum atomic E-state index is 13.1. The maximum absolute atomic E-state index is 13.1. The van der Waals surface area contributed by atoms with Crippen LogP contribution in [0.25, 0.3) is 5.69 Å². The van der Waals surface area contributed by atoms with Crippen molar-refractivity contribution in [3.63, 3.8) is 0 Å². The monoisotopic (exact) mass is 680 g/mol. The lowest BCUT2D eigenvalue weighted by Crippen LogP contribution is -2.30. The molecule has 0 aliphatic carbocycles. The highest BCUT2D eigenvalue weighted by Gasteiger charge is 2.31. The van der Waals surface area contributed by atoms with Crippen molar-refractivity contribution in [1.82, 2.24) is 24.4 Å². The first kappa shape index (κ1) is 34.0. The number of sulfonamides is 1. The van der Waals surface area contributed by atoms with Gasteiger partial charge in [0.15, 0.2) is 11.0 Å². The number of carbonyl (C=O) groups excluding carboxylic acids is 2. The van der Waals surface area contributed by atoms with Crippen LogP contribution in [0.2, 0.25) is 5.02 Å². The molecular formula is C29H28ClF3N6O4S2. The van der Waals surface area contributed by atoms with Gasteiger partial charge in [0.05, 0.1) is 33.5 Å². The molecule has 10 nitrogen and oxygen atoms in total. The number of amides is 2. The van der Waals surface area contributed by atoms with Crippen molar-refractivity contribution in [1.29, 1.82) is 0 Å². The Bertz CT molecular complexity index is 1770. The molecule has 1 heterocycles. The molecule has 4 aromatic rings. The van der Waals surface area contributed by atoms with Crippen LogP contribution in [0.1, 0.15) is 35.6 Å². The number of aromatic nitrogens is 3. The molecule has 0 saturated carbocycles. The van der Waals surface area contributed by atoms with E-state index in [1.807, 2.05) is 0 Å². The van der Waals surface area contributed by atoms with E-state index >= 15 is 0 Å². The van der Waals surface area contributed by atoms with E-state index in [2.05, 4.69) is 20.8 Å². The van der Waals surface area contributed by atoms with Crippen LogP contribution in [-0.2, 0) is 27.5 Å². The largest absolute Gasteiger partial charge is 0.416 e. The second-order valence-electron chi connectivity index (χ2n) is 9.40. The molecule has 16 heteroatoms. The minimum atomic E-state index is -4.61. The van der Waals surface area contributed by atoms with Crippen LogP contribution >= 0.6 is 23.4 Å². The molecule has 0 aliphatic rings. The molecule has 238 valence electrons. The third-order valence-electron chi connectivity index (χ3n) is 6.48. The Kier molecular flexibility index (Phi) is 10.9. The maximum Gasteiger partial charge on any atom is 0.416 e. The summed E-state index contributed by atoms with van der Waals surface area (Å²) in [4.78, 5) is 25.6. The Labute approximate surface area is 267 Å². The van der Waals surface area contributed by atoms with Crippen LogP contribution in [0, 0.1) is 0 Å². The van der Waals surface area contributed by atoms with Crippen molar-refractivity contribution in [2.45, 2.75) is 36.6 Å². The second kappa shape index (κ2) is 14.5. The van der Waals surface area contributed by atoms with E-state index in [1.165, 1.54) is 28.6 Å². The van der Waals surface area contributed by atoms with Gasteiger partial charge in [0, 0.05) is 24.3 Å². The molecule has 0 unspecified atom stereocenters. The highest BCUT2D eigenvalue weighted by atomic mass is 35.5. The number of para-hydroxylation sites is 1. The second-order valence-corrected chi connectivity index (χ2v) is 12.7. The van der Waals surface area contributed by atoms with Crippen molar-refractivity contribution in [3.8, 4) is 5.69 Å². The number of nitrogens with one attached hydrogen (secondary N) is 2. The Morgan fingerprint density at radius 1 is 0.978 bits per heavy atom. The van der Waals surface area contributed by atoms with Gasteiger partial charge in [-0.2, -0.15) is 17.5 Å². The van der Waals surface area contributed by atoms with Gasteiger partial charge in [-0.25, -0.2) is 8.42 Å². The zero-order chi connectivity index (χ0) is 32.8. The number of rotatable bonds is 12. The molecule has 0 fully saturated rings. The number of halogens is 4. The minimum absolute atomic E-state index is 0.0491. The zero-order valence-electron chi connectivity index (χ0n) is 24.0. The number of hydrogen-bond donors (Lipinski definition) is 2. The standard InChI is InChI=1S/C29H28ClF3N6O4S2/c1-3-38(4-2)45(42,43)22-13-10-19(11-14-22)27(41)34-17-25-36-37-28(39(25)21-8-6-5-7-9-21)44-18-26(40)35-24-16-20(29(31,32)33)12-15-23(24)30/h5-16H,3-4,17-18H2,1-2H3,(H,34,41)(H,35,40). The summed E-state index contributed by atoms with van der Waals surface area (Å²) in [6.07, 6.45) is -4.61. The van der Waals surface area contributed by atoms with Gasteiger partial charge in [-0.05, 0) is 54.6 Å². The van der Waals surface area contributed by atoms with Gasteiger partial charge in [0.25, 0.3) is 5.91 Å². The van der Waals surface area contributed by atoms with E-state index < -0.39 is 33.6 Å². The van der Waals surface area contributed by atoms with Gasteiger partial charge in [-0.1, -0.05) is 55.4 Å². The van der Waals surface area contributed by atoms with Crippen LogP contribution in [-0.4, -0.2) is 58.1 Å². The predicted molar refractivity (Wildman–Crippen MR) is 165 cm³/mol. The number of carbonyl (C=O) groups is 2. The number of anilines is 1. The average Bonchev–Trinajstić information content (AvgIpc) is 3.43. The Morgan fingerprint density at radius 2 is 1.64 bits per heavy atom. The average molecular weight is 681 g/mol. The van der Waals surface area contributed by atoms with Crippen molar-refractivity contribution in [3.05, 3.63) is 94.8 Å². The Balaban J connectivity index is 1.47. The molecule has 0 saturated heterocycles. The van der Waals surface area contributed by atoms with E-state index in [0.29, 0.717) is 29.8 Å². The fourth-order valence-corrected chi connectivity index (χ4v) is 6.60. The third kappa shape index (κ3) is 8.22. The summed E-state index contributed by atoms with van der Waals surface area (Å²) < 4.78 is 67.8. The van der Waals surface area contributed by atoms with Crippen molar-refractivity contribution < 1.29 is 31.2 Å². The molecule has 2 amide bonds. The highest BCUT2D eigenvalue weighted by Crippen LogP contribution is 2.34. The number of alkyl halides is 3. The molecule has 3 aromatic carbocycles. The smallest absolute Gasteiger partial charge is 0.345 e. The third-order valence-corrected chi connectivity index (χ3v) is 9.80. The molecule has 2 N–H and O–H groups in total. The summed E-state index contributed by atoms with van der Waals surface area (Å²) in [6, 6.07) is 17.1. The fraction of sp³-hybridized carbons (Fsp3) is 0.241. The molecule has 0 radical (unpaired) electrons. The van der Waals surface area contributed by atoms with Gasteiger partial charge < -0.3 is 10.6 Å². The first-order chi connectivity index (χ1) is 21.3. The van der Waals surface area contributed by atoms with Crippen LogP contribution < -0.4 is 10.6 Å². The molecule has 0 atom stereocenters. The topological polar surface area (TPSA) is 126 Å². The molecule has 0 spiro atoms. The predicted octanol–water partition coefficient (Wildman–Crippen LogP) is 5.63. The van der Waals surface area contributed by atoms with Crippen molar-refractivity contribution in [2.24, 2.45) is 0 Å². The van der Waals surface area contributed by atoms with Crippen LogP contribution in [0.5, 0.6) is 0 Å². The molecule has 4 rings (SSSR count). The zero-order valence-corrected chi connectivity index (χ0v) is 26.4. The molecule has 45 heavy (non-hydrogen) atoms. The normalized spacial score (nSPS) is 11.9. The van der Waals surface area contributed by atoms with Crippen LogP contribution in [0.15, 0.2) is 82.8 Å². The van der Waals surface area contributed by atoms with Gasteiger partial charge >= 0.3 is 6.18 Å². The summed E-state index contributed by atoms with van der Waals surface area (Å²) >= 11 is 6.98. The number of nitrogens with zero attached hydrogens (tertiary/aromatic N) is 4. The van der Waals surface area contributed by atoms with E-state index in [4.69, 9.17) is 11.6 Å². The van der Waals surface area contributed by atoms with Crippen molar-refractivity contribution >= 4 is 50.9 Å². The Morgan fingerprint density at radius 3 is 2.27 bits per heavy atom. The number of benzene rings is 3. The lowest BCUT2D eigenvalue weighted by molar-refractivity contribution is -0.137. The van der Waals surface area contributed by atoms with Gasteiger partial charge in [-0.15, -0.1) is 10.2 Å². The molecule has 0 aliphatic heterocycles. The van der Waals surface area contributed by atoms with Crippen molar-refractivity contribution in [2.75, 3.05) is 24.2 Å². The lowest BCUT2D eigenvalue weighted by atomic mass is 10.2. The molecule has 0 bridgehead atoms. The van der Waals surface area contributed by atoms with E-state index in [9.17, 15) is 31.2 Å².